The summed E-state index contributed by atoms with van der Waals surface area (Å²) in [5, 5.41) is 2.99. The molecule has 0 aliphatic carbocycles. The number of nitrogens with one attached hydrogen (secondary N) is 1. The fraction of sp³-hybridized carbons (Fsp3) is 0.500. The number of ether oxygens (including phenoxy) is 1. The predicted octanol–water partition coefficient (Wildman–Crippen LogP) is 1.01. The van der Waals surface area contributed by atoms with Crippen LogP contribution >= 0.6 is 0 Å². The lowest BCUT2D eigenvalue weighted by molar-refractivity contribution is -0.136. The zero-order valence-electron chi connectivity index (χ0n) is 12.8. The minimum atomic E-state index is -0.493. The number of hydrogen-bond acceptors (Lipinski definition) is 4. The first kappa shape index (κ1) is 15.0. The molecule has 0 unspecified atom stereocenters. The first-order chi connectivity index (χ1) is 10.6. The molecule has 1 saturated heterocycles. The largest absolute Gasteiger partial charge is 0.381 e. The van der Waals surface area contributed by atoms with E-state index in [0.717, 1.165) is 17.0 Å². The normalized spacial score (nSPS) is 17.5. The molecule has 118 valence electrons. The van der Waals surface area contributed by atoms with Crippen molar-refractivity contribution in [2.75, 3.05) is 19.8 Å². The molecule has 0 saturated carbocycles. The van der Waals surface area contributed by atoms with E-state index in [-0.39, 0.29) is 5.91 Å². The summed E-state index contributed by atoms with van der Waals surface area (Å²) in [5.41, 5.74) is 8.22. The molecule has 0 bridgehead atoms. The van der Waals surface area contributed by atoms with E-state index in [0.29, 0.717) is 39.1 Å². The lowest BCUT2D eigenvalue weighted by Crippen LogP contribution is -2.49. The van der Waals surface area contributed by atoms with Gasteiger partial charge in [-0.1, -0.05) is 6.07 Å². The van der Waals surface area contributed by atoms with E-state index in [4.69, 9.17) is 10.5 Å². The van der Waals surface area contributed by atoms with Gasteiger partial charge in [0.25, 0.3) is 0 Å². The summed E-state index contributed by atoms with van der Waals surface area (Å²) in [6.07, 6.45) is 3.32. The molecular weight excluding hydrogens is 280 g/mol. The number of fused-ring (bicyclic) bond motifs is 1. The van der Waals surface area contributed by atoms with Crippen LogP contribution < -0.4 is 11.1 Å². The van der Waals surface area contributed by atoms with Crippen LogP contribution in [0.15, 0.2) is 24.4 Å². The predicted molar refractivity (Wildman–Crippen MR) is 83.3 cm³/mol. The van der Waals surface area contributed by atoms with Crippen molar-refractivity contribution in [1.82, 2.24) is 14.7 Å². The highest BCUT2D eigenvalue weighted by Gasteiger charge is 2.38. The third-order valence-electron chi connectivity index (χ3n) is 4.50. The van der Waals surface area contributed by atoms with Crippen molar-refractivity contribution >= 4 is 11.6 Å². The van der Waals surface area contributed by atoms with Gasteiger partial charge in [0, 0.05) is 31.6 Å². The first-order valence-electron chi connectivity index (χ1n) is 7.64. The van der Waals surface area contributed by atoms with E-state index in [2.05, 4.69) is 10.3 Å². The fourth-order valence-electron chi connectivity index (χ4n) is 2.93. The number of nitrogens with two attached hydrogens (primary N) is 1. The Morgan fingerprint density at radius 2 is 2.23 bits per heavy atom. The third-order valence-corrected chi connectivity index (χ3v) is 4.50. The maximum absolute atomic E-state index is 12.5. The second-order valence-electron chi connectivity index (χ2n) is 5.91. The number of carbonyl (C=O) groups excluding carboxylic acids is 1. The van der Waals surface area contributed by atoms with Crippen LogP contribution in [-0.4, -0.2) is 35.1 Å². The molecule has 2 aromatic heterocycles. The van der Waals surface area contributed by atoms with Gasteiger partial charge < -0.3 is 20.2 Å². The number of aromatic nitrogens is 2. The minimum absolute atomic E-state index is 0.00655. The molecule has 6 nitrogen and oxygen atoms in total. The number of rotatable bonds is 4. The van der Waals surface area contributed by atoms with Gasteiger partial charge in [0.15, 0.2) is 0 Å². The molecule has 2 aromatic rings. The summed E-state index contributed by atoms with van der Waals surface area (Å²) in [4.78, 5) is 17.1. The van der Waals surface area contributed by atoms with Gasteiger partial charge in [0.1, 0.15) is 5.65 Å². The van der Waals surface area contributed by atoms with E-state index in [9.17, 15) is 4.79 Å². The van der Waals surface area contributed by atoms with Crippen molar-refractivity contribution < 1.29 is 9.53 Å². The van der Waals surface area contributed by atoms with Gasteiger partial charge in [0.05, 0.1) is 17.7 Å². The molecule has 0 spiro atoms. The smallest absolute Gasteiger partial charge is 0.227 e. The van der Waals surface area contributed by atoms with Gasteiger partial charge in [-0.05, 0) is 31.9 Å². The van der Waals surface area contributed by atoms with Crippen LogP contribution in [0.5, 0.6) is 0 Å². The van der Waals surface area contributed by atoms with Crippen LogP contribution in [0, 0.1) is 12.3 Å². The molecule has 1 aliphatic heterocycles. The van der Waals surface area contributed by atoms with E-state index >= 15 is 0 Å². The first-order valence-corrected chi connectivity index (χ1v) is 7.64. The van der Waals surface area contributed by atoms with Crippen molar-refractivity contribution in [2.45, 2.75) is 26.3 Å². The van der Waals surface area contributed by atoms with Gasteiger partial charge in [-0.25, -0.2) is 4.98 Å². The lowest BCUT2D eigenvalue weighted by Gasteiger charge is -2.34. The topological polar surface area (TPSA) is 81.7 Å². The highest BCUT2D eigenvalue weighted by molar-refractivity contribution is 5.83. The SMILES string of the molecule is Cc1cccc2nc(CNC(=O)C3(CN)CCOCC3)cn12. The zero-order valence-corrected chi connectivity index (χ0v) is 12.8. The van der Waals surface area contributed by atoms with E-state index in [1.165, 1.54) is 0 Å². The summed E-state index contributed by atoms with van der Waals surface area (Å²) in [6.45, 7) is 3.99. The molecule has 0 atom stereocenters. The Balaban J connectivity index is 1.70. The van der Waals surface area contributed by atoms with Crippen LogP contribution in [0.1, 0.15) is 24.2 Å². The number of hydrogen-bond donors (Lipinski definition) is 2. The van der Waals surface area contributed by atoms with Gasteiger partial charge in [-0.15, -0.1) is 0 Å². The number of imidazole rings is 1. The van der Waals surface area contributed by atoms with E-state index < -0.39 is 5.41 Å². The molecule has 3 N–H and O–H groups in total. The van der Waals surface area contributed by atoms with E-state index in [1.807, 2.05) is 35.7 Å². The summed E-state index contributed by atoms with van der Waals surface area (Å²) >= 11 is 0. The van der Waals surface area contributed by atoms with Crippen molar-refractivity contribution in [3.8, 4) is 0 Å². The second-order valence-corrected chi connectivity index (χ2v) is 5.91. The van der Waals surface area contributed by atoms with Gasteiger partial charge >= 0.3 is 0 Å². The van der Waals surface area contributed by atoms with Crippen molar-refractivity contribution in [1.29, 1.82) is 0 Å². The quantitative estimate of drug-likeness (QED) is 0.883. The minimum Gasteiger partial charge on any atom is -0.381 e. The molecule has 1 amide bonds. The van der Waals surface area contributed by atoms with Crippen LogP contribution in [0.4, 0.5) is 0 Å². The maximum atomic E-state index is 12.5. The molecule has 1 aliphatic rings. The number of aryl methyl sites for hydroxylation is 1. The zero-order chi connectivity index (χ0) is 15.6. The van der Waals surface area contributed by atoms with Crippen molar-refractivity contribution in [2.24, 2.45) is 11.1 Å². The Labute approximate surface area is 129 Å². The molecule has 1 fully saturated rings. The standard InChI is InChI=1S/C16H22N4O2/c1-12-3-2-4-14-19-13(10-20(12)14)9-18-15(21)16(11-17)5-7-22-8-6-16/h2-4,10H,5-9,11,17H2,1H3,(H,18,21). The van der Waals surface area contributed by atoms with Crippen molar-refractivity contribution in [3.05, 3.63) is 35.8 Å². The third kappa shape index (κ3) is 2.71. The molecule has 0 aromatic carbocycles. The van der Waals surface area contributed by atoms with Crippen LogP contribution in [0.25, 0.3) is 5.65 Å². The molecule has 3 rings (SSSR count). The molecule has 0 radical (unpaired) electrons. The summed E-state index contributed by atoms with van der Waals surface area (Å²) in [6, 6.07) is 5.96. The van der Waals surface area contributed by atoms with Crippen LogP contribution in [0.3, 0.4) is 0 Å². The number of nitrogens with zero attached hydrogens (tertiary/aromatic N) is 2. The summed E-state index contributed by atoms with van der Waals surface area (Å²) in [7, 11) is 0. The maximum Gasteiger partial charge on any atom is 0.227 e. The Kier molecular flexibility index (Phi) is 4.13. The highest BCUT2D eigenvalue weighted by atomic mass is 16.5. The average molecular weight is 302 g/mol. The Morgan fingerprint density at radius 1 is 1.45 bits per heavy atom. The monoisotopic (exact) mass is 302 g/mol. The molecule has 3 heterocycles. The fourth-order valence-corrected chi connectivity index (χ4v) is 2.93. The van der Waals surface area contributed by atoms with Gasteiger partial charge in [-0.3, -0.25) is 4.79 Å². The van der Waals surface area contributed by atoms with Gasteiger partial charge in [-0.2, -0.15) is 0 Å². The van der Waals surface area contributed by atoms with Gasteiger partial charge in [0.2, 0.25) is 5.91 Å². The Bertz CT molecular complexity index is 674. The molecule has 22 heavy (non-hydrogen) atoms. The number of pyridine rings is 1. The molecule has 6 heteroatoms. The second kappa shape index (κ2) is 6.06. The number of amides is 1. The van der Waals surface area contributed by atoms with E-state index in [1.54, 1.807) is 0 Å². The highest BCUT2D eigenvalue weighted by Crippen LogP contribution is 2.29. The Morgan fingerprint density at radius 3 is 2.91 bits per heavy atom. The summed E-state index contributed by atoms with van der Waals surface area (Å²) < 4.78 is 7.36. The van der Waals surface area contributed by atoms with Crippen LogP contribution in [-0.2, 0) is 16.1 Å². The van der Waals surface area contributed by atoms with Crippen LogP contribution in [0.2, 0.25) is 0 Å². The Hall–Kier alpha value is -1.92. The van der Waals surface area contributed by atoms with Crippen molar-refractivity contribution in [3.63, 3.8) is 0 Å². The lowest BCUT2D eigenvalue weighted by atomic mass is 9.79. The average Bonchev–Trinajstić information content (AvgIpc) is 2.98. The summed E-state index contributed by atoms with van der Waals surface area (Å²) in [5.74, 6) is 0.00655. The number of carbonyl (C=O) groups is 1. The molecular formula is C16H22N4O2.